The van der Waals surface area contributed by atoms with Crippen molar-refractivity contribution in [3.8, 4) is 0 Å². The van der Waals surface area contributed by atoms with Crippen LogP contribution in [0, 0.1) is 0 Å². The third-order valence-corrected chi connectivity index (χ3v) is 12.3. The molecule has 400 valence electrons. The van der Waals surface area contributed by atoms with Crippen molar-refractivity contribution in [3.63, 3.8) is 0 Å². The highest BCUT2D eigenvalue weighted by atomic mass is 16.6. The first kappa shape index (κ1) is 66.3. The molecule has 0 aliphatic carbocycles. The molecule has 6 nitrogen and oxygen atoms in total. The van der Waals surface area contributed by atoms with Crippen LogP contribution in [0.25, 0.3) is 0 Å². The Hall–Kier alpha value is -3.67. The molecule has 0 bridgehead atoms. The van der Waals surface area contributed by atoms with Crippen molar-refractivity contribution in [3.05, 3.63) is 97.2 Å². The summed E-state index contributed by atoms with van der Waals surface area (Å²) in [6, 6.07) is 0. The maximum atomic E-state index is 12.9. The molecule has 0 aromatic carbocycles. The Morgan fingerprint density at radius 2 is 0.557 bits per heavy atom. The predicted octanol–water partition coefficient (Wildman–Crippen LogP) is 19.7. The van der Waals surface area contributed by atoms with Crippen molar-refractivity contribution in [2.75, 3.05) is 13.2 Å². The predicted molar refractivity (Wildman–Crippen MR) is 302 cm³/mol. The van der Waals surface area contributed by atoms with Crippen molar-refractivity contribution in [1.82, 2.24) is 0 Å². The molecule has 0 aromatic rings. The van der Waals surface area contributed by atoms with Gasteiger partial charge in [-0.05, 0) is 122 Å². The monoisotopic (exact) mass is 973 g/mol. The average Bonchev–Trinajstić information content (AvgIpc) is 3.36. The lowest BCUT2D eigenvalue weighted by atomic mass is 10.1. The summed E-state index contributed by atoms with van der Waals surface area (Å²) < 4.78 is 16.9. The molecular weight excluding hydrogens is 865 g/mol. The molecule has 70 heavy (non-hydrogen) atoms. The highest BCUT2D eigenvalue weighted by Gasteiger charge is 2.19. The summed E-state index contributed by atoms with van der Waals surface area (Å²) in [4.78, 5) is 38.2. The van der Waals surface area contributed by atoms with Gasteiger partial charge in [-0.1, -0.05) is 227 Å². The van der Waals surface area contributed by atoms with Crippen LogP contribution in [0.2, 0.25) is 0 Å². The maximum absolute atomic E-state index is 12.9. The van der Waals surface area contributed by atoms with Gasteiger partial charge in [0.15, 0.2) is 6.10 Å². The van der Waals surface area contributed by atoms with E-state index in [0.29, 0.717) is 19.3 Å². The number of hydrogen-bond acceptors (Lipinski definition) is 6. The highest BCUT2D eigenvalue weighted by Crippen LogP contribution is 2.14. The molecule has 0 spiro atoms. The zero-order chi connectivity index (χ0) is 50.7. The zero-order valence-electron chi connectivity index (χ0n) is 45.8. The van der Waals surface area contributed by atoms with Crippen LogP contribution in [-0.4, -0.2) is 37.2 Å². The maximum Gasteiger partial charge on any atom is 0.306 e. The molecular formula is C64H108O6. The number of carbonyl (C=O) groups excluding carboxylic acids is 3. The van der Waals surface area contributed by atoms with Crippen molar-refractivity contribution in [2.45, 2.75) is 277 Å². The summed E-state index contributed by atoms with van der Waals surface area (Å²) in [5.41, 5.74) is 0. The van der Waals surface area contributed by atoms with Gasteiger partial charge in [0.05, 0.1) is 0 Å². The number of allylic oxidation sites excluding steroid dienone is 16. The molecule has 1 atom stereocenters. The smallest absolute Gasteiger partial charge is 0.306 e. The number of unbranched alkanes of at least 4 members (excludes halogenated alkanes) is 25. The number of ether oxygens (including phenoxy) is 3. The second-order valence-electron chi connectivity index (χ2n) is 19.2. The molecule has 0 heterocycles. The Labute approximate surface area is 432 Å². The van der Waals surface area contributed by atoms with Crippen molar-refractivity contribution in [1.29, 1.82) is 0 Å². The second-order valence-corrected chi connectivity index (χ2v) is 19.2. The van der Waals surface area contributed by atoms with Crippen LogP contribution < -0.4 is 0 Å². The van der Waals surface area contributed by atoms with E-state index in [1.807, 2.05) is 0 Å². The first-order chi connectivity index (χ1) is 34.5. The van der Waals surface area contributed by atoms with Crippen molar-refractivity contribution in [2.24, 2.45) is 0 Å². The van der Waals surface area contributed by atoms with E-state index in [1.54, 1.807) is 0 Å². The molecule has 0 radical (unpaired) electrons. The van der Waals surface area contributed by atoms with Gasteiger partial charge in [-0.15, -0.1) is 0 Å². The van der Waals surface area contributed by atoms with E-state index >= 15 is 0 Å². The van der Waals surface area contributed by atoms with Crippen LogP contribution in [0.5, 0.6) is 0 Å². The minimum atomic E-state index is -0.801. The van der Waals surface area contributed by atoms with Crippen LogP contribution in [0.3, 0.4) is 0 Å². The quantitative estimate of drug-likeness (QED) is 0.0262. The van der Waals surface area contributed by atoms with E-state index in [-0.39, 0.29) is 31.1 Å². The van der Waals surface area contributed by atoms with E-state index in [4.69, 9.17) is 14.2 Å². The Morgan fingerprint density at radius 1 is 0.300 bits per heavy atom. The first-order valence-corrected chi connectivity index (χ1v) is 29.2. The summed E-state index contributed by atoms with van der Waals surface area (Å²) in [5, 5.41) is 0. The van der Waals surface area contributed by atoms with Gasteiger partial charge in [-0.2, -0.15) is 0 Å². The van der Waals surface area contributed by atoms with E-state index in [1.165, 1.54) is 109 Å². The Bertz CT molecular complexity index is 1400. The fraction of sp³-hybridized carbons (Fsp3) is 0.703. The summed E-state index contributed by atoms with van der Waals surface area (Å²) in [5.74, 6) is -0.937. The van der Waals surface area contributed by atoms with Crippen LogP contribution in [0.4, 0.5) is 0 Å². The van der Waals surface area contributed by atoms with Crippen LogP contribution >= 0.6 is 0 Å². The molecule has 0 aliphatic rings. The number of esters is 3. The SMILES string of the molecule is CC/C=C\C/C=C\C/C=C\C/C=C\CCCCCCC(=O)OC(COC(=O)CCCCCCC/C=C\CCCCCCCCC)COC(=O)CCCCCCCC/C=C\C/C=C\C/C=C\CCCCC. The van der Waals surface area contributed by atoms with Crippen molar-refractivity contribution >= 4 is 17.9 Å². The van der Waals surface area contributed by atoms with E-state index in [0.717, 1.165) is 122 Å². The van der Waals surface area contributed by atoms with E-state index < -0.39 is 6.10 Å². The lowest BCUT2D eigenvalue weighted by molar-refractivity contribution is -0.167. The van der Waals surface area contributed by atoms with Crippen LogP contribution in [-0.2, 0) is 28.6 Å². The highest BCUT2D eigenvalue weighted by molar-refractivity contribution is 5.71. The Morgan fingerprint density at radius 3 is 0.914 bits per heavy atom. The van der Waals surface area contributed by atoms with E-state index in [2.05, 4.69) is 118 Å². The van der Waals surface area contributed by atoms with Gasteiger partial charge < -0.3 is 14.2 Å². The van der Waals surface area contributed by atoms with Gasteiger partial charge in [0.2, 0.25) is 0 Å². The van der Waals surface area contributed by atoms with Gasteiger partial charge in [0.1, 0.15) is 13.2 Å². The van der Waals surface area contributed by atoms with Gasteiger partial charge in [-0.3, -0.25) is 14.4 Å². The number of carbonyl (C=O) groups is 3. The summed E-state index contributed by atoms with van der Waals surface area (Å²) >= 11 is 0. The summed E-state index contributed by atoms with van der Waals surface area (Å²) in [6.45, 7) is 6.47. The minimum absolute atomic E-state index is 0.0966. The molecule has 6 heteroatoms. The van der Waals surface area contributed by atoms with Crippen molar-refractivity contribution < 1.29 is 28.6 Å². The molecule has 0 fully saturated rings. The zero-order valence-corrected chi connectivity index (χ0v) is 45.8. The van der Waals surface area contributed by atoms with Gasteiger partial charge in [0.25, 0.3) is 0 Å². The van der Waals surface area contributed by atoms with E-state index in [9.17, 15) is 14.4 Å². The lowest BCUT2D eigenvalue weighted by Gasteiger charge is -2.18. The van der Waals surface area contributed by atoms with Crippen LogP contribution in [0.1, 0.15) is 271 Å². The molecule has 1 unspecified atom stereocenters. The summed E-state index contributed by atoms with van der Waals surface area (Å²) in [7, 11) is 0. The summed E-state index contributed by atoms with van der Waals surface area (Å²) in [6.07, 6.45) is 76.8. The molecule has 0 aromatic heterocycles. The fourth-order valence-corrected chi connectivity index (χ4v) is 7.91. The van der Waals surface area contributed by atoms with Gasteiger partial charge in [-0.25, -0.2) is 0 Å². The third-order valence-electron chi connectivity index (χ3n) is 12.3. The first-order valence-electron chi connectivity index (χ1n) is 29.2. The molecule has 0 amide bonds. The molecule has 0 saturated carbocycles. The minimum Gasteiger partial charge on any atom is -0.462 e. The molecule has 0 saturated heterocycles. The normalized spacial score (nSPS) is 12.8. The molecule has 0 N–H and O–H groups in total. The standard InChI is InChI=1S/C64H108O6/c1-4-7-10-13-16-19-22-25-28-31-32-34-36-39-42-45-48-51-54-57-63(66)69-60-61(59-68-62(65)56-53-50-47-44-41-38-35-30-27-24-21-18-15-12-9-6-3)70-64(67)58-55-52-49-46-43-40-37-33-29-26-23-20-17-14-11-8-5-2/h8,11,16-17,19-20,25-26,28-30,32,34-35,37,40,61H,4-7,9-10,12-15,18,21-24,27,31,33,36,38-39,41-60H2,1-3H3/b11-8-,19-16-,20-17-,28-25-,29-26-,34-32-,35-30-,40-37-. The molecule has 0 aliphatic heterocycles. The third kappa shape index (κ3) is 55.3. The largest absolute Gasteiger partial charge is 0.462 e. The molecule has 0 rings (SSSR count). The topological polar surface area (TPSA) is 78.9 Å². The van der Waals surface area contributed by atoms with Crippen LogP contribution in [0.15, 0.2) is 97.2 Å². The second kappa shape index (κ2) is 57.9. The Kier molecular flexibility index (Phi) is 54.9. The van der Waals surface area contributed by atoms with Gasteiger partial charge in [0, 0.05) is 19.3 Å². The fourth-order valence-electron chi connectivity index (χ4n) is 7.91. The lowest BCUT2D eigenvalue weighted by Crippen LogP contribution is -2.30. The van der Waals surface area contributed by atoms with Gasteiger partial charge >= 0.3 is 17.9 Å². The number of hydrogen-bond donors (Lipinski definition) is 0. The Balaban J connectivity index is 4.47. The number of rotatable bonds is 52. The average molecular weight is 974 g/mol.